The molecule has 17 heavy (non-hydrogen) atoms. The fourth-order valence-corrected chi connectivity index (χ4v) is 1.77. The lowest BCUT2D eigenvalue weighted by Crippen LogP contribution is -2.28. The highest BCUT2D eigenvalue weighted by molar-refractivity contribution is 5.82. The van der Waals surface area contributed by atoms with Crippen LogP contribution in [0.25, 0.3) is 0 Å². The summed E-state index contributed by atoms with van der Waals surface area (Å²) >= 11 is 0. The second-order valence-corrected chi connectivity index (χ2v) is 4.43. The first kappa shape index (κ1) is 12.0. The molecule has 1 saturated heterocycles. The molecule has 2 fully saturated rings. The van der Waals surface area contributed by atoms with Crippen LogP contribution < -0.4 is 0 Å². The number of amides is 1. The first-order valence-corrected chi connectivity index (χ1v) is 5.93. The molecule has 1 saturated carbocycles. The quantitative estimate of drug-likeness (QED) is 0.536. The van der Waals surface area contributed by atoms with E-state index in [-0.39, 0.29) is 18.7 Å². The Balaban J connectivity index is 1.66. The predicted octanol–water partition coefficient (Wildman–Crippen LogP) is 1.34. The number of cyclic esters (lactones) is 1. The van der Waals surface area contributed by atoms with Crippen LogP contribution in [0.15, 0.2) is 11.6 Å². The van der Waals surface area contributed by atoms with Gasteiger partial charge in [-0.2, -0.15) is 0 Å². The van der Waals surface area contributed by atoms with Crippen molar-refractivity contribution in [2.24, 2.45) is 5.92 Å². The molecule has 1 aliphatic heterocycles. The molecule has 1 aliphatic carbocycles. The molecule has 5 nitrogen and oxygen atoms in total. The molecule has 0 aromatic heterocycles. The third kappa shape index (κ3) is 3.47. The highest BCUT2D eigenvalue weighted by Crippen LogP contribution is 2.35. The molecule has 0 aromatic carbocycles. The second-order valence-electron chi connectivity index (χ2n) is 4.43. The number of hydrogen-bond donors (Lipinski definition) is 0. The molecule has 0 unspecified atom stereocenters. The number of esters is 1. The highest BCUT2D eigenvalue weighted by atomic mass is 16.6. The Morgan fingerprint density at radius 2 is 2.35 bits per heavy atom. The summed E-state index contributed by atoms with van der Waals surface area (Å²) in [5, 5.41) is 0. The largest absolute Gasteiger partial charge is 0.461 e. The van der Waals surface area contributed by atoms with E-state index in [1.54, 1.807) is 6.08 Å². The van der Waals surface area contributed by atoms with Gasteiger partial charge in [-0.05, 0) is 25.7 Å². The molecule has 0 aromatic rings. The van der Waals surface area contributed by atoms with Gasteiger partial charge in [-0.15, -0.1) is 0 Å². The van der Waals surface area contributed by atoms with Crippen LogP contribution in [-0.2, 0) is 14.3 Å². The first-order chi connectivity index (χ1) is 8.16. The Labute approximate surface area is 100 Å². The summed E-state index contributed by atoms with van der Waals surface area (Å²) in [6, 6.07) is 0. The summed E-state index contributed by atoms with van der Waals surface area (Å²) in [4.78, 5) is 24.0. The van der Waals surface area contributed by atoms with E-state index in [1.807, 2.05) is 6.92 Å². The van der Waals surface area contributed by atoms with E-state index in [9.17, 15) is 9.59 Å². The molecule has 0 spiro atoms. The second kappa shape index (κ2) is 5.21. The van der Waals surface area contributed by atoms with Crippen molar-refractivity contribution < 1.29 is 19.1 Å². The van der Waals surface area contributed by atoms with Crippen LogP contribution in [0, 0.1) is 5.92 Å². The third-order valence-corrected chi connectivity index (χ3v) is 3.02. The third-order valence-electron chi connectivity index (χ3n) is 3.02. The number of allylic oxidation sites excluding steroid dienone is 1. The molecule has 0 N–H and O–H groups in total. The molecule has 0 atom stereocenters. The van der Waals surface area contributed by atoms with Gasteiger partial charge in [-0.25, -0.2) is 9.59 Å². The lowest BCUT2D eigenvalue weighted by molar-refractivity contribution is -0.138. The number of carbonyl (C=O) groups excluding carboxylic acids is 2. The van der Waals surface area contributed by atoms with Crippen molar-refractivity contribution in [2.45, 2.75) is 19.8 Å². The van der Waals surface area contributed by atoms with Gasteiger partial charge in [0.25, 0.3) is 0 Å². The van der Waals surface area contributed by atoms with Crippen molar-refractivity contribution in [1.82, 2.24) is 4.90 Å². The van der Waals surface area contributed by atoms with Gasteiger partial charge in [0.2, 0.25) is 0 Å². The lowest BCUT2D eigenvalue weighted by Gasteiger charge is -2.11. The zero-order valence-corrected chi connectivity index (χ0v) is 9.98. The van der Waals surface area contributed by atoms with Gasteiger partial charge in [0, 0.05) is 6.08 Å². The minimum atomic E-state index is -0.328. The molecule has 1 heterocycles. The number of nitrogens with zero attached hydrogens (tertiary/aromatic N) is 1. The lowest BCUT2D eigenvalue weighted by atomic mass is 10.2. The van der Waals surface area contributed by atoms with E-state index in [4.69, 9.17) is 9.47 Å². The van der Waals surface area contributed by atoms with Crippen LogP contribution >= 0.6 is 0 Å². The summed E-state index contributed by atoms with van der Waals surface area (Å²) in [6.45, 7) is 3.58. The first-order valence-electron chi connectivity index (χ1n) is 5.93. The average Bonchev–Trinajstić information content (AvgIpc) is 3.05. The molecule has 94 valence electrons. The monoisotopic (exact) mass is 239 g/mol. The summed E-state index contributed by atoms with van der Waals surface area (Å²) in [5.41, 5.74) is 1.09. The van der Waals surface area contributed by atoms with Crippen LogP contribution in [0.2, 0.25) is 0 Å². The molecular formula is C12H17NO4. The highest BCUT2D eigenvalue weighted by Gasteiger charge is 2.24. The molecule has 0 bridgehead atoms. The molecule has 5 heteroatoms. The molecular weight excluding hydrogens is 222 g/mol. The van der Waals surface area contributed by atoms with Crippen molar-refractivity contribution in [1.29, 1.82) is 0 Å². The van der Waals surface area contributed by atoms with Gasteiger partial charge in [0.15, 0.2) is 0 Å². The van der Waals surface area contributed by atoms with Gasteiger partial charge in [-0.3, -0.25) is 0 Å². The minimum absolute atomic E-state index is 0.225. The summed E-state index contributed by atoms with van der Waals surface area (Å²) in [6.07, 6.45) is 3.58. The van der Waals surface area contributed by atoms with Crippen LogP contribution in [0.3, 0.4) is 0 Å². The van der Waals surface area contributed by atoms with E-state index in [1.165, 1.54) is 17.7 Å². The summed E-state index contributed by atoms with van der Waals surface area (Å²) < 4.78 is 9.80. The minimum Gasteiger partial charge on any atom is -0.461 e. The van der Waals surface area contributed by atoms with Gasteiger partial charge in [0.05, 0.1) is 13.1 Å². The van der Waals surface area contributed by atoms with Crippen LogP contribution in [-0.4, -0.2) is 43.3 Å². The Morgan fingerprint density at radius 3 is 2.94 bits per heavy atom. The number of hydrogen-bond acceptors (Lipinski definition) is 4. The molecule has 2 rings (SSSR count). The average molecular weight is 239 g/mol. The molecule has 1 amide bonds. The van der Waals surface area contributed by atoms with Gasteiger partial charge < -0.3 is 14.4 Å². The van der Waals surface area contributed by atoms with E-state index in [2.05, 4.69) is 0 Å². The van der Waals surface area contributed by atoms with Crippen molar-refractivity contribution in [3.05, 3.63) is 11.6 Å². The van der Waals surface area contributed by atoms with Crippen LogP contribution in [0.1, 0.15) is 19.8 Å². The Hall–Kier alpha value is -1.52. The predicted molar refractivity (Wildman–Crippen MR) is 60.4 cm³/mol. The van der Waals surface area contributed by atoms with Crippen molar-refractivity contribution >= 4 is 12.1 Å². The molecule has 0 radical (unpaired) electrons. The topological polar surface area (TPSA) is 55.8 Å². The zero-order valence-electron chi connectivity index (χ0n) is 9.98. The summed E-state index contributed by atoms with van der Waals surface area (Å²) in [5.74, 6) is 0.262. The maximum absolute atomic E-state index is 11.4. The smallest absolute Gasteiger partial charge is 0.410 e. The maximum Gasteiger partial charge on any atom is 0.410 e. The standard InChI is InChI=1S/C12H17NO4/c1-9(10-2-3-10)8-11(14)16-6-4-13-5-7-17-12(13)15/h8,10H,2-7H2,1H3. The Morgan fingerprint density at radius 1 is 1.59 bits per heavy atom. The van der Waals surface area contributed by atoms with E-state index >= 15 is 0 Å². The van der Waals surface area contributed by atoms with Gasteiger partial charge >= 0.3 is 12.1 Å². The van der Waals surface area contributed by atoms with Crippen molar-refractivity contribution in [3.63, 3.8) is 0 Å². The van der Waals surface area contributed by atoms with E-state index in [0.717, 1.165) is 5.57 Å². The fourth-order valence-electron chi connectivity index (χ4n) is 1.77. The van der Waals surface area contributed by atoms with Crippen LogP contribution in [0.5, 0.6) is 0 Å². The molecule has 2 aliphatic rings. The maximum atomic E-state index is 11.4. The van der Waals surface area contributed by atoms with Crippen molar-refractivity contribution in [3.8, 4) is 0 Å². The Bertz CT molecular complexity index is 346. The normalized spacial score (nSPS) is 20.4. The van der Waals surface area contributed by atoms with Crippen LogP contribution in [0.4, 0.5) is 4.79 Å². The van der Waals surface area contributed by atoms with Crippen molar-refractivity contribution in [2.75, 3.05) is 26.3 Å². The zero-order chi connectivity index (χ0) is 12.3. The SMILES string of the molecule is CC(=CC(=O)OCCN1CCOC1=O)C1CC1. The number of ether oxygens (including phenoxy) is 2. The number of rotatable bonds is 5. The van der Waals surface area contributed by atoms with E-state index < -0.39 is 0 Å². The number of carbonyl (C=O) groups is 2. The van der Waals surface area contributed by atoms with E-state index in [0.29, 0.717) is 25.6 Å². The summed E-state index contributed by atoms with van der Waals surface area (Å²) in [7, 11) is 0. The Kier molecular flexibility index (Phi) is 3.66. The van der Waals surface area contributed by atoms with Gasteiger partial charge in [-0.1, -0.05) is 5.57 Å². The fraction of sp³-hybridized carbons (Fsp3) is 0.667. The van der Waals surface area contributed by atoms with Gasteiger partial charge in [0.1, 0.15) is 13.2 Å².